The highest BCUT2D eigenvalue weighted by atomic mass is 32.2. The lowest BCUT2D eigenvalue weighted by molar-refractivity contribution is 0.0948. The average Bonchev–Trinajstić information content (AvgIpc) is 2.71. The number of nitrogens with one attached hydrogen (secondary N) is 1. The van der Waals surface area contributed by atoms with Gasteiger partial charge in [0.2, 0.25) is 10.0 Å². The molecule has 6 nitrogen and oxygen atoms in total. The average molecular weight is 413 g/mol. The standard InChI is InChI=1S/C22H24N2O4S/c1-15(2)24(3)29(27,28)19-10-8-16(9-11-19)14-23-22(26)20-12-17-6-4-5-7-18(17)13-21(20)25/h4-13,15,25H,14H2,1-3H3,(H,23,26). The molecule has 0 fully saturated rings. The number of aromatic hydroxyl groups is 1. The summed E-state index contributed by atoms with van der Waals surface area (Å²) in [5.41, 5.74) is 0.950. The Bertz CT molecular complexity index is 1140. The van der Waals surface area contributed by atoms with Crippen LogP contribution >= 0.6 is 0 Å². The maximum absolute atomic E-state index is 12.5. The molecule has 0 spiro atoms. The monoisotopic (exact) mass is 412 g/mol. The maximum atomic E-state index is 12.5. The molecule has 0 saturated heterocycles. The number of amides is 1. The number of phenolic OH excluding ortho intramolecular Hbond substituents is 1. The van der Waals surface area contributed by atoms with Gasteiger partial charge >= 0.3 is 0 Å². The van der Waals surface area contributed by atoms with Gasteiger partial charge in [0.25, 0.3) is 5.91 Å². The van der Waals surface area contributed by atoms with Crippen LogP contribution < -0.4 is 5.32 Å². The Labute approximate surface area is 170 Å². The molecule has 2 N–H and O–H groups in total. The second-order valence-electron chi connectivity index (χ2n) is 7.16. The van der Waals surface area contributed by atoms with Gasteiger partial charge in [0.05, 0.1) is 10.5 Å². The fraction of sp³-hybridized carbons (Fsp3) is 0.227. The van der Waals surface area contributed by atoms with Crippen molar-refractivity contribution in [3.63, 3.8) is 0 Å². The quantitative estimate of drug-likeness (QED) is 0.649. The van der Waals surface area contributed by atoms with Crippen LogP contribution in [0.1, 0.15) is 29.8 Å². The summed E-state index contributed by atoms with van der Waals surface area (Å²) in [5, 5.41) is 14.6. The summed E-state index contributed by atoms with van der Waals surface area (Å²) in [5.74, 6) is -0.483. The highest BCUT2D eigenvalue weighted by Gasteiger charge is 2.22. The summed E-state index contributed by atoms with van der Waals surface area (Å²) < 4.78 is 26.3. The smallest absolute Gasteiger partial charge is 0.255 e. The van der Waals surface area contributed by atoms with Gasteiger partial charge in [-0.2, -0.15) is 4.31 Å². The first-order chi connectivity index (χ1) is 13.7. The Morgan fingerprint density at radius 2 is 1.62 bits per heavy atom. The van der Waals surface area contributed by atoms with Crippen molar-refractivity contribution in [3.8, 4) is 5.75 Å². The molecule has 0 unspecified atom stereocenters. The third-order valence-electron chi connectivity index (χ3n) is 4.89. The second-order valence-corrected chi connectivity index (χ2v) is 9.16. The van der Waals surface area contributed by atoms with Crippen molar-refractivity contribution in [3.05, 3.63) is 71.8 Å². The second kappa shape index (κ2) is 8.23. The fourth-order valence-electron chi connectivity index (χ4n) is 2.91. The van der Waals surface area contributed by atoms with Gasteiger partial charge in [-0.1, -0.05) is 36.4 Å². The van der Waals surface area contributed by atoms with Gasteiger partial charge in [0.15, 0.2) is 0 Å². The fourth-order valence-corrected chi connectivity index (χ4v) is 4.28. The van der Waals surface area contributed by atoms with Crippen LogP contribution in [-0.4, -0.2) is 36.8 Å². The molecular weight excluding hydrogens is 388 g/mol. The Hall–Kier alpha value is -2.90. The van der Waals surface area contributed by atoms with Crippen LogP contribution in [0.4, 0.5) is 0 Å². The number of carbonyl (C=O) groups is 1. The van der Waals surface area contributed by atoms with Gasteiger partial charge in [0, 0.05) is 19.6 Å². The molecule has 3 aromatic rings. The summed E-state index contributed by atoms with van der Waals surface area (Å²) in [6.45, 7) is 3.83. The number of hydrogen-bond donors (Lipinski definition) is 2. The Morgan fingerprint density at radius 1 is 1.03 bits per heavy atom. The minimum atomic E-state index is -3.54. The Morgan fingerprint density at radius 3 is 2.21 bits per heavy atom. The SMILES string of the molecule is CC(C)N(C)S(=O)(=O)c1ccc(CNC(=O)c2cc3ccccc3cc2O)cc1. The van der Waals surface area contributed by atoms with Gasteiger partial charge in [-0.05, 0) is 54.4 Å². The first kappa shape index (κ1) is 20.8. The number of benzene rings is 3. The van der Waals surface area contributed by atoms with E-state index in [4.69, 9.17) is 0 Å². The van der Waals surface area contributed by atoms with Crippen molar-refractivity contribution in [2.24, 2.45) is 0 Å². The molecule has 3 aromatic carbocycles. The Kier molecular flexibility index (Phi) is 5.91. The molecule has 0 aliphatic carbocycles. The van der Waals surface area contributed by atoms with Crippen molar-refractivity contribution < 1.29 is 18.3 Å². The number of phenols is 1. The molecule has 152 valence electrons. The van der Waals surface area contributed by atoms with E-state index in [-0.39, 0.29) is 28.8 Å². The third-order valence-corrected chi connectivity index (χ3v) is 6.94. The minimum absolute atomic E-state index is 0.0839. The van der Waals surface area contributed by atoms with Crippen LogP contribution in [0, 0.1) is 0 Å². The summed E-state index contributed by atoms with van der Waals surface area (Å²) in [6, 6.07) is 16.9. The lowest BCUT2D eigenvalue weighted by Gasteiger charge is -2.21. The van der Waals surface area contributed by atoms with E-state index in [2.05, 4.69) is 5.32 Å². The van der Waals surface area contributed by atoms with Gasteiger partial charge in [0.1, 0.15) is 5.75 Å². The maximum Gasteiger partial charge on any atom is 0.255 e. The predicted molar refractivity (Wildman–Crippen MR) is 113 cm³/mol. The largest absolute Gasteiger partial charge is 0.507 e. The van der Waals surface area contributed by atoms with Gasteiger partial charge in [-0.15, -0.1) is 0 Å². The number of nitrogens with zero attached hydrogens (tertiary/aromatic N) is 1. The molecule has 0 saturated carbocycles. The lowest BCUT2D eigenvalue weighted by Crippen LogP contribution is -2.33. The molecule has 3 rings (SSSR count). The van der Waals surface area contributed by atoms with E-state index in [9.17, 15) is 18.3 Å². The zero-order valence-electron chi connectivity index (χ0n) is 16.6. The van der Waals surface area contributed by atoms with Crippen molar-refractivity contribution in [1.82, 2.24) is 9.62 Å². The van der Waals surface area contributed by atoms with Crippen LogP contribution in [0.5, 0.6) is 5.75 Å². The van der Waals surface area contributed by atoms with E-state index in [1.54, 1.807) is 31.3 Å². The van der Waals surface area contributed by atoms with Crippen molar-refractivity contribution in [1.29, 1.82) is 0 Å². The summed E-state index contributed by atoms with van der Waals surface area (Å²) in [7, 11) is -2.00. The van der Waals surface area contributed by atoms with E-state index >= 15 is 0 Å². The zero-order chi connectivity index (χ0) is 21.2. The van der Waals surface area contributed by atoms with Crippen molar-refractivity contribution >= 4 is 26.7 Å². The number of carbonyl (C=O) groups excluding carboxylic acids is 1. The molecule has 29 heavy (non-hydrogen) atoms. The molecule has 1 amide bonds. The number of hydrogen-bond acceptors (Lipinski definition) is 4. The van der Waals surface area contributed by atoms with Crippen molar-refractivity contribution in [2.45, 2.75) is 31.3 Å². The van der Waals surface area contributed by atoms with Crippen LogP contribution in [0.3, 0.4) is 0 Å². The van der Waals surface area contributed by atoms with E-state index in [0.717, 1.165) is 16.3 Å². The molecular formula is C22H24N2O4S. The van der Waals surface area contributed by atoms with Crippen LogP contribution in [0.25, 0.3) is 10.8 Å². The van der Waals surface area contributed by atoms with Gasteiger partial charge < -0.3 is 10.4 Å². The minimum Gasteiger partial charge on any atom is -0.507 e. The van der Waals surface area contributed by atoms with Gasteiger partial charge in [-0.3, -0.25) is 4.79 Å². The number of sulfonamides is 1. The van der Waals surface area contributed by atoms with Crippen LogP contribution in [-0.2, 0) is 16.6 Å². The van der Waals surface area contributed by atoms with E-state index in [1.807, 2.05) is 38.1 Å². The number of fused-ring (bicyclic) bond motifs is 1. The highest BCUT2D eigenvalue weighted by molar-refractivity contribution is 7.89. The highest BCUT2D eigenvalue weighted by Crippen LogP contribution is 2.25. The molecule has 0 radical (unpaired) electrons. The van der Waals surface area contributed by atoms with E-state index in [0.29, 0.717) is 0 Å². The van der Waals surface area contributed by atoms with E-state index < -0.39 is 15.9 Å². The predicted octanol–water partition coefficient (Wildman–Crippen LogP) is 3.50. The molecule has 0 aliphatic heterocycles. The molecule has 0 heterocycles. The molecule has 0 bridgehead atoms. The first-order valence-electron chi connectivity index (χ1n) is 9.27. The van der Waals surface area contributed by atoms with Gasteiger partial charge in [-0.25, -0.2) is 8.42 Å². The molecule has 0 aliphatic rings. The third kappa shape index (κ3) is 4.41. The first-order valence-corrected chi connectivity index (χ1v) is 10.7. The van der Waals surface area contributed by atoms with Crippen LogP contribution in [0.2, 0.25) is 0 Å². The van der Waals surface area contributed by atoms with E-state index in [1.165, 1.54) is 16.4 Å². The molecule has 7 heteroatoms. The normalized spacial score (nSPS) is 11.9. The summed E-state index contributed by atoms with van der Waals surface area (Å²) in [6.07, 6.45) is 0. The molecule has 0 aromatic heterocycles. The topological polar surface area (TPSA) is 86.7 Å². The summed E-state index contributed by atoms with van der Waals surface area (Å²) >= 11 is 0. The number of rotatable bonds is 6. The molecule has 0 atom stereocenters. The zero-order valence-corrected chi connectivity index (χ0v) is 17.4. The Balaban J connectivity index is 1.72. The van der Waals surface area contributed by atoms with Crippen molar-refractivity contribution in [2.75, 3.05) is 7.05 Å². The lowest BCUT2D eigenvalue weighted by atomic mass is 10.1. The van der Waals surface area contributed by atoms with Crippen LogP contribution in [0.15, 0.2) is 65.6 Å². The summed E-state index contributed by atoms with van der Waals surface area (Å²) in [4.78, 5) is 12.7.